The standard InChI is InChI=1S/C9H11N5O/c1-2-8(15)9-11-12-13-14(9)7-3-5-10-6-4-7/h3-6,8,15H,2H2,1H3. The molecular formula is C9H11N5O. The fourth-order valence-electron chi connectivity index (χ4n) is 1.25. The minimum atomic E-state index is -0.645. The summed E-state index contributed by atoms with van der Waals surface area (Å²) in [7, 11) is 0. The predicted molar refractivity (Wildman–Crippen MR) is 52.2 cm³/mol. The zero-order valence-electron chi connectivity index (χ0n) is 8.28. The van der Waals surface area contributed by atoms with Crippen LogP contribution in [0.25, 0.3) is 5.69 Å². The highest BCUT2D eigenvalue weighted by Crippen LogP contribution is 2.15. The fourth-order valence-corrected chi connectivity index (χ4v) is 1.25. The molecule has 0 radical (unpaired) electrons. The molecule has 0 saturated carbocycles. The molecule has 6 heteroatoms. The maximum absolute atomic E-state index is 9.68. The Labute approximate surface area is 86.6 Å². The number of hydrogen-bond acceptors (Lipinski definition) is 5. The summed E-state index contributed by atoms with van der Waals surface area (Å²) in [6, 6.07) is 3.56. The van der Waals surface area contributed by atoms with Crippen LogP contribution in [0.4, 0.5) is 0 Å². The second kappa shape index (κ2) is 4.14. The molecule has 0 spiro atoms. The number of tetrazole rings is 1. The number of aliphatic hydroxyl groups excluding tert-OH is 1. The Morgan fingerprint density at radius 1 is 1.40 bits per heavy atom. The van der Waals surface area contributed by atoms with Crippen molar-refractivity contribution in [2.24, 2.45) is 0 Å². The molecule has 6 nitrogen and oxygen atoms in total. The Kier molecular flexibility index (Phi) is 2.68. The van der Waals surface area contributed by atoms with Crippen LogP contribution in [0.3, 0.4) is 0 Å². The molecule has 2 heterocycles. The quantitative estimate of drug-likeness (QED) is 0.789. The third-order valence-corrected chi connectivity index (χ3v) is 2.09. The van der Waals surface area contributed by atoms with Crippen LogP contribution in [-0.4, -0.2) is 30.3 Å². The first-order valence-corrected chi connectivity index (χ1v) is 4.69. The maximum atomic E-state index is 9.68. The highest BCUT2D eigenvalue weighted by atomic mass is 16.3. The summed E-state index contributed by atoms with van der Waals surface area (Å²) in [5, 5.41) is 20.8. The number of rotatable bonds is 3. The summed E-state index contributed by atoms with van der Waals surface area (Å²) in [6.07, 6.45) is 3.23. The number of hydrogen-bond donors (Lipinski definition) is 1. The minimum Gasteiger partial charge on any atom is -0.385 e. The van der Waals surface area contributed by atoms with E-state index >= 15 is 0 Å². The van der Waals surface area contributed by atoms with Crippen LogP contribution in [0.15, 0.2) is 24.5 Å². The van der Waals surface area contributed by atoms with Gasteiger partial charge in [-0.25, -0.2) is 0 Å². The monoisotopic (exact) mass is 205 g/mol. The van der Waals surface area contributed by atoms with Crippen molar-refractivity contribution in [3.63, 3.8) is 0 Å². The van der Waals surface area contributed by atoms with Crippen molar-refractivity contribution in [1.82, 2.24) is 25.2 Å². The smallest absolute Gasteiger partial charge is 0.185 e. The van der Waals surface area contributed by atoms with E-state index in [0.717, 1.165) is 5.69 Å². The van der Waals surface area contributed by atoms with E-state index in [4.69, 9.17) is 0 Å². The molecular weight excluding hydrogens is 194 g/mol. The Bertz CT molecular complexity index is 427. The molecule has 78 valence electrons. The summed E-state index contributed by atoms with van der Waals surface area (Å²) >= 11 is 0. The van der Waals surface area contributed by atoms with Gasteiger partial charge in [-0.1, -0.05) is 6.92 Å². The van der Waals surface area contributed by atoms with Crippen LogP contribution in [0, 0.1) is 0 Å². The van der Waals surface area contributed by atoms with Crippen molar-refractivity contribution >= 4 is 0 Å². The lowest BCUT2D eigenvalue weighted by molar-refractivity contribution is 0.160. The zero-order chi connectivity index (χ0) is 10.7. The van der Waals surface area contributed by atoms with Crippen LogP contribution in [0.2, 0.25) is 0 Å². The van der Waals surface area contributed by atoms with Crippen LogP contribution < -0.4 is 0 Å². The van der Waals surface area contributed by atoms with E-state index in [1.165, 1.54) is 4.68 Å². The van der Waals surface area contributed by atoms with Gasteiger partial charge in [0.1, 0.15) is 6.10 Å². The molecule has 2 aromatic rings. The van der Waals surface area contributed by atoms with E-state index < -0.39 is 6.10 Å². The summed E-state index contributed by atoms with van der Waals surface area (Å²) in [4.78, 5) is 3.91. The van der Waals surface area contributed by atoms with Gasteiger partial charge in [-0.15, -0.1) is 5.10 Å². The van der Waals surface area contributed by atoms with E-state index in [-0.39, 0.29) is 0 Å². The van der Waals surface area contributed by atoms with E-state index in [2.05, 4.69) is 20.5 Å². The molecule has 0 aliphatic carbocycles. The molecule has 2 aromatic heterocycles. The molecule has 0 amide bonds. The summed E-state index contributed by atoms with van der Waals surface area (Å²) in [6.45, 7) is 1.87. The molecule has 0 aliphatic rings. The molecule has 0 fully saturated rings. The number of pyridine rings is 1. The lowest BCUT2D eigenvalue weighted by atomic mass is 10.2. The largest absolute Gasteiger partial charge is 0.385 e. The number of aromatic nitrogens is 5. The average molecular weight is 205 g/mol. The van der Waals surface area contributed by atoms with Gasteiger partial charge in [0.05, 0.1) is 5.69 Å². The molecule has 1 atom stereocenters. The van der Waals surface area contributed by atoms with Crippen LogP contribution in [-0.2, 0) is 0 Å². The summed E-state index contributed by atoms with van der Waals surface area (Å²) < 4.78 is 1.51. The number of nitrogens with zero attached hydrogens (tertiary/aromatic N) is 5. The Morgan fingerprint density at radius 3 is 2.80 bits per heavy atom. The first-order valence-electron chi connectivity index (χ1n) is 4.69. The van der Waals surface area contributed by atoms with Crippen LogP contribution in [0.5, 0.6) is 0 Å². The molecule has 1 unspecified atom stereocenters. The van der Waals surface area contributed by atoms with Crippen molar-refractivity contribution in [3.05, 3.63) is 30.4 Å². The normalized spacial score (nSPS) is 12.7. The van der Waals surface area contributed by atoms with E-state index in [9.17, 15) is 5.11 Å². The Morgan fingerprint density at radius 2 is 2.13 bits per heavy atom. The summed E-state index contributed by atoms with van der Waals surface area (Å²) in [5.41, 5.74) is 0.789. The van der Waals surface area contributed by atoms with Crippen molar-refractivity contribution in [2.45, 2.75) is 19.4 Å². The molecule has 2 rings (SSSR count). The number of aliphatic hydroxyl groups is 1. The molecule has 0 bridgehead atoms. The van der Waals surface area contributed by atoms with Crippen molar-refractivity contribution in [3.8, 4) is 5.69 Å². The maximum Gasteiger partial charge on any atom is 0.185 e. The fraction of sp³-hybridized carbons (Fsp3) is 0.333. The molecule has 15 heavy (non-hydrogen) atoms. The van der Waals surface area contributed by atoms with Gasteiger partial charge in [0.15, 0.2) is 5.82 Å². The second-order valence-corrected chi connectivity index (χ2v) is 3.08. The van der Waals surface area contributed by atoms with Gasteiger partial charge >= 0.3 is 0 Å². The lowest BCUT2D eigenvalue weighted by Crippen LogP contribution is -2.07. The van der Waals surface area contributed by atoms with Gasteiger partial charge < -0.3 is 5.11 Å². The SMILES string of the molecule is CCC(O)c1nnnn1-c1ccncc1. The Hall–Kier alpha value is -1.82. The first kappa shape index (κ1) is 9.72. The lowest BCUT2D eigenvalue weighted by Gasteiger charge is -2.07. The molecule has 0 aromatic carbocycles. The summed E-state index contributed by atoms with van der Waals surface area (Å²) in [5.74, 6) is 0.448. The molecule has 0 saturated heterocycles. The van der Waals surface area contributed by atoms with E-state index in [1.54, 1.807) is 24.5 Å². The van der Waals surface area contributed by atoms with Gasteiger partial charge in [-0.3, -0.25) is 4.98 Å². The highest BCUT2D eigenvalue weighted by Gasteiger charge is 2.15. The molecule has 0 aliphatic heterocycles. The van der Waals surface area contributed by atoms with Gasteiger partial charge in [-0.2, -0.15) is 4.68 Å². The van der Waals surface area contributed by atoms with E-state index in [0.29, 0.717) is 12.2 Å². The third kappa shape index (κ3) is 1.84. The predicted octanol–water partition coefficient (Wildman–Crippen LogP) is 0.501. The van der Waals surface area contributed by atoms with Crippen LogP contribution in [0.1, 0.15) is 25.3 Å². The van der Waals surface area contributed by atoms with E-state index in [1.807, 2.05) is 6.92 Å². The second-order valence-electron chi connectivity index (χ2n) is 3.08. The zero-order valence-corrected chi connectivity index (χ0v) is 8.28. The average Bonchev–Trinajstić information content (AvgIpc) is 2.78. The van der Waals surface area contributed by atoms with Gasteiger partial charge in [0.25, 0.3) is 0 Å². The first-order chi connectivity index (χ1) is 7.33. The van der Waals surface area contributed by atoms with Gasteiger partial charge in [-0.05, 0) is 29.0 Å². The molecule has 1 N–H and O–H groups in total. The van der Waals surface area contributed by atoms with Crippen LogP contribution >= 0.6 is 0 Å². The van der Waals surface area contributed by atoms with Crippen molar-refractivity contribution in [2.75, 3.05) is 0 Å². The minimum absolute atomic E-state index is 0.448. The van der Waals surface area contributed by atoms with Crippen molar-refractivity contribution in [1.29, 1.82) is 0 Å². The van der Waals surface area contributed by atoms with Gasteiger partial charge in [0, 0.05) is 12.4 Å². The Balaban J connectivity index is 2.41. The van der Waals surface area contributed by atoms with Gasteiger partial charge in [0.2, 0.25) is 0 Å². The van der Waals surface area contributed by atoms with Crippen molar-refractivity contribution < 1.29 is 5.11 Å². The topological polar surface area (TPSA) is 76.7 Å². The third-order valence-electron chi connectivity index (χ3n) is 2.09. The highest BCUT2D eigenvalue weighted by molar-refractivity contribution is 5.28.